The van der Waals surface area contributed by atoms with Crippen molar-refractivity contribution in [2.45, 2.75) is 24.9 Å². The van der Waals surface area contributed by atoms with Crippen LogP contribution in [0.1, 0.15) is 25.5 Å². The van der Waals surface area contributed by atoms with Gasteiger partial charge in [0.25, 0.3) is 5.56 Å². The van der Waals surface area contributed by atoms with Crippen LogP contribution in [0.5, 0.6) is 0 Å². The number of rotatable bonds is 5. The van der Waals surface area contributed by atoms with E-state index in [-0.39, 0.29) is 27.9 Å². The topological polar surface area (TPSA) is 74.8 Å². The Kier molecular flexibility index (Phi) is 5.79. The number of carbonyl (C=O) groups excluding carboxylic acids is 1. The van der Waals surface area contributed by atoms with E-state index in [1.807, 2.05) is 13.8 Å². The summed E-state index contributed by atoms with van der Waals surface area (Å²) in [5.74, 6) is -0.918. The number of aromatic nitrogens is 2. The quantitative estimate of drug-likeness (QED) is 0.636. The van der Waals surface area contributed by atoms with Gasteiger partial charge in [0.05, 0.1) is 17.1 Å². The third-order valence-electron chi connectivity index (χ3n) is 2.88. The highest BCUT2D eigenvalue weighted by molar-refractivity contribution is 7.99. The van der Waals surface area contributed by atoms with Gasteiger partial charge in [-0.1, -0.05) is 37.2 Å². The molecule has 1 aromatic carbocycles. The van der Waals surface area contributed by atoms with Gasteiger partial charge in [-0.25, -0.2) is 9.37 Å². The Balaban J connectivity index is 2.00. The molecule has 0 radical (unpaired) electrons. The maximum absolute atomic E-state index is 13.6. The smallest absolute Gasteiger partial charge is 0.251 e. The molecule has 122 valence electrons. The lowest BCUT2D eigenvalue weighted by atomic mass is 10.1. The van der Waals surface area contributed by atoms with Crippen molar-refractivity contribution in [1.82, 2.24) is 9.97 Å². The van der Waals surface area contributed by atoms with E-state index >= 15 is 0 Å². The third kappa shape index (κ3) is 5.07. The number of thioether (sulfide) groups is 1. The van der Waals surface area contributed by atoms with Crippen LogP contribution in [0.4, 0.5) is 10.1 Å². The molecular weight excluding hydrogens is 341 g/mol. The van der Waals surface area contributed by atoms with Gasteiger partial charge in [-0.05, 0) is 24.1 Å². The highest BCUT2D eigenvalue weighted by Gasteiger charge is 2.10. The van der Waals surface area contributed by atoms with Crippen LogP contribution in [0.15, 0.2) is 34.2 Å². The van der Waals surface area contributed by atoms with Gasteiger partial charge in [-0.2, -0.15) is 0 Å². The molecule has 5 nitrogen and oxygen atoms in total. The highest BCUT2D eigenvalue weighted by atomic mass is 35.5. The van der Waals surface area contributed by atoms with E-state index in [0.717, 1.165) is 17.8 Å². The first kappa shape index (κ1) is 17.5. The van der Waals surface area contributed by atoms with Crippen molar-refractivity contribution in [1.29, 1.82) is 0 Å². The van der Waals surface area contributed by atoms with Gasteiger partial charge >= 0.3 is 0 Å². The second kappa shape index (κ2) is 7.61. The van der Waals surface area contributed by atoms with Crippen molar-refractivity contribution in [3.8, 4) is 0 Å². The maximum Gasteiger partial charge on any atom is 0.251 e. The van der Waals surface area contributed by atoms with Crippen molar-refractivity contribution >= 4 is 35.0 Å². The molecular formula is C15H15ClFN3O2S. The van der Waals surface area contributed by atoms with Crippen molar-refractivity contribution < 1.29 is 9.18 Å². The molecule has 0 saturated carbocycles. The molecule has 0 aliphatic rings. The van der Waals surface area contributed by atoms with Crippen LogP contribution >= 0.6 is 23.4 Å². The molecule has 0 aliphatic carbocycles. The van der Waals surface area contributed by atoms with Gasteiger partial charge in [0.2, 0.25) is 5.91 Å². The standard InChI is InChI=1S/C15H15ClFN3O2S/c1-8(2)12-6-13(21)20-15(19-12)23-7-14(22)18-11-4-3-9(16)5-10(11)17/h3-6,8H,7H2,1-2H3,(H,18,22)(H,19,20,21). The molecule has 0 atom stereocenters. The summed E-state index contributed by atoms with van der Waals surface area (Å²) in [5.41, 5.74) is 0.438. The predicted molar refractivity (Wildman–Crippen MR) is 89.7 cm³/mol. The number of amides is 1. The summed E-state index contributed by atoms with van der Waals surface area (Å²) in [7, 11) is 0. The summed E-state index contributed by atoms with van der Waals surface area (Å²) in [6.45, 7) is 3.85. The van der Waals surface area contributed by atoms with E-state index in [0.29, 0.717) is 10.9 Å². The summed E-state index contributed by atoms with van der Waals surface area (Å²) in [6.07, 6.45) is 0. The lowest BCUT2D eigenvalue weighted by Gasteiger charge is -2.08. The van der Waals surface area contributed by atoms with Crippen LogP contribution in [0.25, 0.3) is 0 Å². The Bertz CT molecular complexity index is 780. The van der Waals surface area contributed by atoms with E-state index < -0.39 is 11.7 Å². The predicted octanol–water partition coefficient (Wildman–Crippen LogP) is 3.42. The fourth-order valence-electron chi connectivity index (χ4n) is 1.73. The van der Waals surface area contributed by atoms with Gasteiger partial charge < -0.3 is 10.3 Å². The SMILES string of the molecule is CC(C)c1cc(=O)[nH]c(SCC(=O)Nc2ccc(Cl)cc2F)n1. The minimum absolute atomic E-state index is 0.00739. The molecule has 0 spiro atoms. The zero-order valence-electron chi connectivity index (χ0n) is 12.5. The number of H-pyrrole nitrogens is 1. The molecule has 0 unspecified atom stereocenters. The second-order valence-electron chi connectivity index (χ2n) is 5.09. The van der Waals surface area contributed by atoms with Gasteiger partial charge in [0, 0.05) is 11.1 Å². The first-order valence-electron chi connectivity index (χ1n) is 6.84. The van der Waals surface area contributed by atoms with Gasteiger partial charge in [0.1, 0.15) is 5.82 Å². The maximum atomic E-state index is 13.6. The molecule has 2 N–H and O–H groups in total. The monoisotopic (exact) mass is 355 g/mol. The highest BCUT2D eigenvalue weighted by Crippen LogP contribution is 2.20. The Morgan fingerprint density at radius 1 is 1.43 bits per heavy atom. The molecule has 8 heteroatoms. The van der Waals surface area contributed by atoms with Gasteiger partial charge in [-0.3, -0.25) is 9.59 Å². The molecule has 2 aromatic rings. The molecule has 1 aromatic heterocycles. The summed E-state index contributed by atoms with van der Waals surface area (Å²) < 4.78 is 13.6. The number of hydrogen-bond acceptors (Lipinski definition) is 4. The van der Waals surface area contributed by atoms with Crippen LogP contribution in [-0.2, 0) is 4.79 Å². The lowest BCUT2D eigenvalue weighted by Crippen LogP contribution is -2.16. The molecule has 0 fully saturated rings. The number of aromatic amines is 1. The minimum Gasteiger partial charge on any atom is -0.323 e. The number of anilines is 1. The van der Waals surface area contributed by atoms with E-state index in [9.17, 15) is 14.0 Å². The molecule has 23 heavy (non-hydrogen) atoms. The summed E-state index contributed by atoms with van der Waals surface area (Å²) in [4.78, 5) is 30.3. The first-order valence-corrected chi connectivity index (χ1v) is 8.20. The Hall–Kier alpha value is -1.86. The number of nitrogens with one attached hydrogen (secondary N) is 2. The number of nitrogens with zero attached hydrogens (tertiary/aromatic N) is 1. The number of carbonyl (C=O) groups is 1. The molecule has 0 saturated heterocycles. The molecule has 1 amide bonds. The number of halogens is 2. The summed E-state index contributed by atoms with van der Waals surface area (Å²) >= 11 is 6.73. The normalized spacial score (nSPS) is 10.8. The second-order valence-corrected chi connectivity index (χ2v) is 6.49. The number of hydrogen-bond donors (Lipinski definition) is 2. The molecule has 0 aliphatic heterocycles. The Morgan fingerprint density at radius 3 is 2.83 bits per heavy atom. The van der Waals surface area contributed by atoms with E-state index in [4.69, 9.17) is 11.6 Å². The van der Waals surface area contributed by atoms with Crippen molar-refractivity contribution in [2.75, 3.05) is 11.1 Å². The van der Waals surface area contributed by atoms with Gasteiger partial charge in [0.15, 0.2) is 5.16 Å². The Morgan fingerprint density at radius 2 is 2.17 bits per heavy atom. The first-order chi connectivity index (χ1) is 10.8. The average molecular weight is 356 g/mol. The van der Waals surface area contributed by atoms with E-state index in [1.54, 1.807) is 0 Å². The van der Waals surface area contributed by atoms with Crippen LogP contribution in [0.2, 0.25) is 5.02 Å². The van der Waals surface area contributed by atoms with Crippen molar-refractivity contribution in [3.05, 3.63) is 51.2 Å². The minimum atomic E-state index is -0.607. The van der Waals surface area contributed by atoms with Crippen LogP contribution < -0.4 is 10.9 Å². The molecule has 1 heterocycles. The average Bonchev–Trinajstić information content (AvgIpc) is 2.47. The number of benzene rings is 1. The van der Waals surface area contributed by atoms with Crippen molar-refractivity contribution in [3.63, 3.8) is 0 Å². The largest absolute Gasteiger partial charge is 0.323 e. The third-order valence-corrected chi connectivity index (χ3v) is 3.98. The molecule has 0 bridgehead atoms. The Labute approximate surface area is 141 Å². The van der Waals surface area contributed by atoms with Crippen LogP contribution in [-0.4, -0.2) is 21.6 Å². The zero-order chi connectivity index (χ0) is 17.0. The lowest BCUT2D eigenvalue weighted by molar-refractivity contribution is -0.113. The van der Waals surface area contributed by atoms with Crippen LogP contribution in [0.3, 0.4) is 0 Å². The van der Waals surface area contributed by atoms with Crippen LogP contribution in [0, 0.1) is 5.82 Å². The fraction of sp³-hybridized carbons (Fsp3) is 0.267. The zero-order valence-corrected chi connectivity index (χ0v) is 14.1. The van der Waals surface area contributed by atoms with Gasteiger partial charge in [-0.15, -0.1) is 0 Å². The fourth-order valence-corrected chi connectivity index (χ4v) is 2.57. The summed E-state index contributed by atoms with van der Waals surface area (Å²) in [5, 5.41) is 3.05. The molecule has 2 rings (SSSR count). The van der Waals surface area contributed by atoms with E-state index in [1.165, 1.54) is 18.2 Å². The van der Waals surface area contributed by atoms with E-state index in [2.05, 4.69) is 15.3 Å². The van der Waals surface area contributed by atoms with Crippen molar-refractivity contribution in [2.24, 2.45) is 0 Å². The summed E-state index contributed by atoms with van der Waals surface area (Å²) in [6, 6.07) is 5.42.